The molecular weight excluding hydrogens is 256 g/mol. The molecule has 3 rings (SSSR count). The van der Waals surface area contributed by atoms with Crippen molar-refractivity contribution in [2.24, 2.45) is 0 Å². The van der Waals surface area contributed by atoms with Gasteiger partial charge in [-0.2, -0.15) is 0 Å². The Morgan fingerprint density at radius 1 is 1.11 bits per heavy atom. The zero-order valence-electron chi connectivity index (χ0n) is 10.6. The summed E-state index contributed by atoms with van der Waals surface area (Å²) in [6.07, 6.45) is 1.07. The summed E-state index contributed by atoms with van der Waals surface area (Å²) >= 11 is 1.64. The van der Waals surface area contributed by atoms with E-state index in [9.17, 15) is 0 Å². The maximum atomic E-state index is 4.57. The fraction of sp³-hybridized carbons (Fsp3) is 0.214. The van der Waals surface area contributed by atoms with Gasteiger partial charge >= 0.3 is 0 Å². The van der Waals surface area contributed by atoms with Gasteiger partial charge in [0.2, 0.25) is 0 Å². The van der Waals surface area contributed by atoms with Gasteiger partial charge in [0, 0.05) is 6.54 Å². The number of nitrogens with zero attached hydrogens (tertiary/aromatic N) is 3. The maximum absolute atomic E-state index is 4.57. The van der Waals surface area contributed by atoms with Crippen molar-refractivity contribution in [1.29, 1.82) is 0 Å². The minimum atomic E-state index is 0.812. The number of anilines is 1. The van der Waals surface area contributed by atoms with E-state index in [-0.39, 0.29) is 0 Å². The number of thiazole rings is 1. The van der Waals surface area contributed by atoms with Crippen molar-refractivity contribution in [3.05, 3.63) is 36.4 Å². The predicted molar refractivity (Wildman–Crippen MR) is 79.4 cm³/mol. The highest BCUT2D eigenvalue weighted by Crippen LogP contribution is 2.28. The number of aromatic nitrogens is 3. The molecule has 0 aliphatic carbocycles. The number of benzene rings is 1. The molecule has 0 aliphatic rings. The highest BCUT2D eigenvalue weighted by atomic mass is 32.1. The minimum absolute atomic E-state index is 0.812. The van der Waals surface area contributed by atoms with Crippen LogP contribution in [0.15, 0.2) is 36.4 Å². The van der Waals surface area contributed by atoms with E-state index in [2.05, 4.69) is 33.5 Å². The van der Waals surface area contributed by atoms with Gasteiger partial charge in [0.05, 0.1) is 10.2 Å². The summed E-state index contributed by atoms with van der Waals surface area (Å²) in [4.78, 5) is 4.57. The van der Waals surface area contributed by atoms with Gasteiger partial charge in [-0.25, -0.2) is 4.98 Å². The summed E-state index contributed by atoms with van der Waals surface area (Å²) in [5, 5.41) is 12.5. The molecule has 0 fully saturated rings. The second kappa shape index (κ2) is 5.32. The van der Waals surface area contributed by atoms with E-state index < -0.39 is 0 Å². The number of para-hydroxylation sites is 1. The Morgan fingerprint density at radius 3 is 2.74 bits per heavy atom. The molecule has 0 bridgehead atoms. The molecule has 19 heavy (non-hydrogen) atoms. The number of rotatable bonds is 4. The molecule has 0 saturated carbocycles. The fourth-order valence-corrected chi connectivity index (χ4v) is 2.71. The molecule has 0 saturated heterocycles. The molecule has 4 nitrogen and oxygen atoms in total. The van der Waals surface area contributed by atoms with E-state index in [0.29, 0.717) is 0 Å². The molecule has 5 heteroatoms. The summed E-state index contributed by atoms with van der Waals surface area (Å²) in [5.74, 6) is 0.812. The smallest absolute Gasteiger partial charge is 0.148 e. The molecule has 0 atom stereocenters. The number of hydrogen-bond donors (Lipinski definition) is 1. The Balaban J connectivity index is 1.88. The van der Waals surface area contributed by atoms with Crippen molar-refractivity contribution in [2.45, 2.75) is 13.3 Å². The molecule has 0 amide bonds. The second-order valence-electron chi connectivity index (χ2n) is 4.22. The van der Waals surface area contributed by atoms with Crippen LogP contribution in [0.25, 0.3) is 20.9 Å². The van der Waals surface area contributed by atoms with E-state index in [4.69, 9.17) is 0 Å². The minimum Gasteiger partial charge on any atom is -0.369 e. The average Bonchev–Trinajstić information content (AvgIpc) is 2.89. The first-order valence-electron chi connectivity index (χ1n) is 6.30. The molecule has 0 radical (unpaired) electrons. The molecule has 96 valence electrons. The third-order valence-corrected chi connectivity index (χ3v) is 3.79. The highest BCUT2D eigenvalue weighted by Gasteiger charge is 2.07. The lowest BCUT2D eigenvalue weighted by molar-refractivity contribution is 0.945. The molecule has 0 unspecified atom stereocenters. The quantitative estimate of drug-likeness (QED) is 0.787. The number of nitrogens with one attached hydrogen (secondary N) is 1. The summed E-state index contributed by atoms with van der Waals surface area (Å²) in [7, 11) is 0. The van der Waals surface area contributed by atoms with Crippen molar-refractivity contribution < 1.29 is 0 Å². The molecule has 1 aromatic carbocycles. The van der Waals surface area contributed by atoms with E-state index in [0.717, 1.165) is 35.0 Å². The van der Waals surface area contributed by atoms with Crippen molar-refractivity contribution in [2.75, 3.05) is 11.9 Å². The van der Waals surface area contributed by atoms with Crippen molar-refractivity contribution in [3.8, 4) is 10.7 Å². The third kappa shape index (κ3) is 2.56. The average molecular weight is 270 g/mol. The van der Waals surface area contributed by atoms with Crippen LogP contribution in [-0.4, -0.2) is 21.7 Å². The predicted octanol–water partition coefficient (Wildman–Crippen LogP) is 3.58. The van der Waals surface area contributed by atoms with Gasteiger partial charge in [0.15, 0.2) is 0 Å². The molecule has 2 heterocycles. The van der Waals surface area contributed by atoms with Crippen LogP contribution in [0.5, 0.6) is 0 Å². The van der Waals surface area contributed by atoms with Crippen molar-refractivity contribution in [3.63, 3.8) is 0 Å². The zero-order valence-corrected chi connectivity index (χ0v) is 11.4. The summed E-state index contributed by atoms with van der Waals surface area (Å²) in [6, 6.07) is 12.0. The Bertz CT molecular complexity index is 642. The van der Waals surface area contributed by atoms with Crippen LogP contribution in [0.2, 0.25) is 0 Å². The highest BCUT2D eigenvalue weighted by molar-refractivity contribution is 7.21. The van der Waals surface area contributed by atoms with Crippen LogP contribution in [0.4, 0.5) is 5.82 Å². The van der Waals surface area contributed by atoms with E-state index in [1.54, 1.807) is 11.3 Å². The number of fused-ring (bicyclic) bond motifs is 1. The first kappa shape index (κ1) is 12.0. The fourth-order valence-electron chi connectivity index (χ4n) is 1.78. The standard InChI is InChI=1S/C14H14N4S/c1-2-9-15-13-8-7-11(17-18-13)14-16-10-5-3-4-6-12(10)19-14/h3-8H,2,9H2,1H3,(H,15,18). The molecule has 0 aliphatic heterocycles. The maximum Gasteiger partial charge on any atom is 0.148 e. The van der Waals surface area contributed by atoms with Crippen LogP contribution in [0, 0.1) is 0 Å². The van der Waals surface area contributed by atoms with Gasteiger partial charge < -0.3 is 5.32 Å². The Morgan fingerprint density at radius 2 is 2.00 bits per heavy atom. The normalized spacial score (nSPS) is 10.8. The van der Waals surface area contributed by atoms with Gasteiger partial charge in [-0.1, -0.05) is 19.1 Å². The molecule has 1 N–H and O–H groups in total. The van der Waals surface area contributed by atoms with Gasteiger partial charge in [-0.05, 0) is 30.7 Å². The number of hydrogen-bond acceptors (Lipinski definition) is 5. The Kier molecular flexibility index (Phi) is 3.37. The topological polar surface area (TPSA) is 50.7 Å². The summed E-state index contributed by atoms with van der Waals surface area (Å²) in [6.45, 7) is 3.03. The van der Waals surface area contributed by atoms with Crippen LogP contribution in [0.1, 0.15) is 13.3 Å². The lowest BCUT2D eigenvalue weighted by Crippen LogP contribution is -2.02. The second-order valence-corrected chi connectivity index (χ2v) is 5.25. The lowest BCUT2D eigenvalue weighted by atomic mass is 10.3. The molecule has 2 aromatic heterocycles. The summed E-state index contributed by atoms with van der Waals surface area (Å²) < 4.78 is 1.17. The van der Waals surface area contributed by atoms with E-state index in [1.165, 1.54) is 4.70 Å². The van der Waals surface area contributed by atoms with Gasteiger partial charge in [0.1, 0.15) is 16.5 Å². The molecule has 3 aromatic rings. The third-order valence-electron chi connectivity index (χ3n) is 2.73. The van der Waals surface area contributed by atoms with Crippen molar-refractivity contribution >= 4 is 27.4 Å². The summed E-state index contributed by atoms with van der Waals surface area (Å²) in [5.41, 5.74) is 1.83. The molecule has 0 spiro atoms. The largest absolute Gasteiger partial charge is 0.369 e. The SMILES string of the molecule is CCCNc1ccc(-c2nc3ccccc3s2)nn1. The van der Waals surface area contributed by atoms with Crippen LogP contribution in [0.3, 0.4) is 0 Å². The van der Waals surface area contributed by atoms with E-state index >= 15 is 0 Å². The lowest BCUT2D eigenvalue weighted by Gasteiger charge is -2.02. The first-order chi connectivity index (χ1) is 9.36. The van der Waals surface area contributed by atoms with Gasteiger partial charge in [-0.3, -0.25) is 0 Å². The van der Waals surface area contributed by atoms with Gasteiger partial charge in [-0.15, -0.1) is 21.5 Å². The van der Waals surface area contributed by atoms with Crippen LogP contribution >= 0.6 is 11.3 Å². The van der Waals surface area contributed by atoms with Crippen molar-refractivity contribution in [1.82, 2.24) is 15.2 Å². The van der Waals surface area contributed by atoms with Gasteiger partial charge in [0.25, 0.3) is 0 Å². The first-order valence-corrected chi connectivity index (χ1v) is 7.12. The Hall–Kier alpha value is -2.01. The molecular formula is C14H14N4S. The van der Waals surface area contributed by atoms with E-state index in [1.807, 2.05) is 30.3 Å². The Labute approximate surface area is 115 Å². The van der Waals surface area contributed by atoms with Crippen LogP contribution < -0.4 is 5.32 Å². The zero-order chi connectivity index (χ0) is 13.1. The monoisotopic (exact) mass is 270 g/mol. The van der Waals surface area contributed by atoms with Crippen LogP contribution in [-0.2, 0) is 0 Å².